The van der Waals surface area contributed by atoms with Crippen LogP contribution < -0.4 is 0 Å². The molecular weight excluding hydrogens is 247 g/mol. The number of hydrogen-bond acceptors (Lipinski definition) is 3. The summed E-state index contributed by atoms with van der Waals surface area (Å²) in [6, 6.07) is 6.67. The zero-order valence-electron chi connectivity index (χ0n) is 10.5. The lowest BCUT2D eigenvalue weighted by Crippen LogP contribution is -2.28. The average molecular weight is 262 g/mol. The van der Waals surface area contributed by atoms with Crippen LogP contribution >= 0.6 is 0 Å². The second-order valence-electron chi connectivity index (χ2n) is 4.76. The number of rotatable bonds is 6. The van der Waals surface area contributed by atoms with Crippen molar-refractivity contribution in [3.8, 4) is 6.07 Å². The number of benzene rings is 1. The Hall–Kier alpha value is -1.93. The van der Waals surface area contributed by atoms with Gasteiger partial charge in [0.2, 0.25) is 0 Å². The molecule has 0 aromatic heterocycles. The smallest absolute Gasteiger partial charge is 0.304 e. The molecule has 1 aliphatic rings. The van der Waals surface area contributed by atoms with Gasteiger partial charge in [-0.2, -0.15) is 5.26 Å². The molecular formula is C14H15FN2O2. The van der Waals surface area contributed by atoms with Crippen molar-refractivity contribution < 1.29 is 14.3 Å². The van der Waals surface area contributed by atoms with Crippen molar-refractivity contribution in [3.63, 3.8) is 0 Å². The molecule has 0 spiro atoms. The number of carboxylic acids is 1. The molecule has 1 fully saturated rings. The fourth-order valence-electron chi connectivity index (χ4n) is 2.03. The van der Waals surface area contributed by atoms with Gasteiger partial charge in [-0.1, -0.05) is 6.07 Å². The van der Waals surface area contributed by atoms with Crippen LogP contribution in [0.2, 0.25) is 0 Å². The average Bonchev–Trinajstić information content (AvgIpc) is 3.20. The summed E-state index contributed by atoms with van der Waals surface area (Å²) in [4.78, 5) is 12.6. The van der Waals surface area contributed by atoms with Crippen LogP contribution in [-0.2, 0) is 11.3 Å². The van der Waals surface area contributed by atoms with Gasteiger partial charge in [0.05, 0.1) is 18.1 Å². The van der Waals surface area contributed by atoms with Gasteiger partial charge >= 0.3 is 5.97 Å². The SMILES string of the molecule is N#Cc1ccc(CN(CCC(=O)O)C2CC2)c(F)c1. The molecule has 1 saturated carbocycles. The highest BCUT2D eigenvalue weighted by Crippen LogP contribution is 2.29. The van der Waals surface area contributed by atoms with Gasteiger partial charge in [0, 0.05) is 24.7 Å². The van der Waals surface area contributed by atoms with Crippen molar-refractivity contribution in [2.45, 2.75) is 31.8 Å². The van der Waals surface area contributed by atoms with E-state index in [4.69, 9.17) is 10.4 Å². The van der Waals surface area contributed by atoms with Crippen LogP contribution in [0.15, 0.2) is 18.2 Å². The number of aliphatic carboxylic acids is 1. The Labute approximate surface area is 111 Å². The molecule has 5 heteroatoms. The monoisotopic (exact) mass is 262 g/mol. The highest BCUT2D eigenvalue weighted by molar-refractivity contribution is 5.66. The number of carbonyl (C=O) groups is 1. The molecule has 1 aliphatic carbocycles. The van der Waals surface area contributed by atoms with Crippen LogP contribution in [0.4, 0.5) is 4.39 Å². The lowest BCUT2D eigenvalue weighted by Gasteiger charge is -2.21. The van der Waals surface area contributed by atoms with Crippen LogP contribution in [0.25, 0.3) is 0 Å². The standard InChI is InChI=1S/C14H15FN2O2/c15-13-7-10(8-16)1-2-11(13)9-17(12-3-4-12)6-5-14(18)19/h1-2,7,12H,3-6,9H2,(H,18,19). The molecule has 0 atom stereocenters. The summed E-state index contributed by atoms with van der Waals surface area (Å²) in [6.45, 7) is 0.828. The molecule has 0 bridgehead atoms. The van der Waals surface area contributed by atoms with Crippen molar-refractivity contribution in [1.82, 2.24) is 4.90 Å². The third-order valence-corrected chi connectivity index (χ3v) is 3.23. The van der Waals surface area contributed by atoms with E-state index in [1.54, 1.807) is 12.1 Å². The van der Waals surface area contributed by atoms with Gasteiger partial charge < -0.3 is 5.11 Å². The van der Waals surface area contributed by atoms with Crippen LogP contribution in [0.1, 0.15) is 30.4 Å². The number of nitrogens with zero attached hydrogens (tertiary/aromatic N) is 2. The molecule has 19 heavy (non-hydrogen) atoms. The van der Waals surface area contributed by atoms with E-state index < -0.39 is 11.8 Å². The molecule has 1 aromatic rings. The predicted molar refractivity (Wildman–Crippen MR) is 66.8 cm³/mol. The van der Waals surface area contributed by atoms with E-state index in [0.717, 1.165) is 12.8 Å². The quantitative estimate of drug-likeness (QED) is 0.853. The topological polar surface area (TPSA) is 64.3 Å². The maximum atomic E-state index is 13.8. The van der Waals surface area contributed by atoms with E-state index in [9.17, 15) is 9.18 Å². The number of carboxylic acid groups (broad SMARTS) is 1. The van der Waals surface area contributed by atoms with Crippen LogP contribution in [0, 0.1) is 17.1 Å². The second-order valence-corrected chi connectivity index (χ2v) is 4.76. The highest BCUT2D eigenvalue weighted by atomic mass is 19.1. The van der Waals surface area contributed by atoms with Gasteiger partial charge in [0.25, 0.3) is 0 Å². The van der Waals surface area contributed by atoms with E-state index in [-0.39, 0.29) is 6.42 Å². The molecule has 1 aromatic carbocycles. The van der Waals surface area contributed by atoms with E-state index in [1.165, 1.54) is 6.07 Å². The Morgan fingerprint density at radius 3 is 2.79 bits per heavy atom. The van der Waals surface area contributed by atoms with E-state index in [2.05, 4.69) is 0 Å². The fourth-order valence-corrected chi connectivity index (χ4v) is 2.03. The van der Waals surface area contributed by atoms with Crippen molar-refractivity contribution in [3.05, 3.63) is 35.1 Å². The van der Waals surface area contributed by atoms with Crippen molar-refractivity contribution in [2.24, 2.45) is 0 Å². The summed E-state index contributed by atoms with van der Waals surface area (Å²) < 4.78 is 13.8. The Kier molecular flexibility index (Phi) is 4.13. The first kappa shape index (κ1) is 13.5. The maximum Gasteiger partial charge on any atom is 0.304 e. The van der Waals surface area contributed by atoms with E-state index in [1.807, 2.05) is 11.0 Å². The Bertz CT molecular complexity index is 521. The first-order valence-corrected chi connectivity index (χ1v) is 6.24. The number of nitriles is 1. The first-order valence-electron chi connectivity index (χ1n) is 6.24. The summed E-state index contributed by atoms with van der Waals surface area (Å²) in [5.74, 6) is -1.24. The molecule has 100 valence electrons. The predicted octanol–water partition coefficient (Wildman–Crippen LogP) is 2.14. The van der Waals surface area contributed by atoms with Crippen LogP contribution in [-0.4, -0.2) is 28.6 Å². The summed E-state index contributed by atoms with van der Waals surface area (Å²) in [5.41, 5.74) is 0.807. The summed E-state index contributed by atoms with van der Waals surface area (Å²) in [5, 5.41) is 17.4. The Morgan fingerprint density at radius 2 is 2.26 bits per heavy atom. The minimum atomic E-state index is -0.842. The number of hydrogen-bond donors (Lipinski definition) is 1. The Morgan fingerprint density at radius 1 is 1.53 bits per heavy atom. The van der Waals surface area contributed by atoms with Gasteiger partial charge in [-0.3, -0.25) is 9.69 Å². The van der Waals surface area contributed by atoms with Crippen molar-refractivity contribution >= 4 is 5.97 Å². The summed E-state index contributed by atoms with van der Waals surface area (Å²) >= 11 is 0. The highest BCUT2D eigenvalue weighted by Gasteiger charge is 2.29. The Balaban J connectivity index is 2.04. The van der Waals surface area contributed by atoms with Gasteiger partial charge in [0.15, 0.2) is 0 Å². The minimum absolute atomic E-state index is 0.0639. The molecule has 0 heterocycles. The molecule has 0 amide bonds. The van der Waals surface area contributed by atoms with Crippen LogP contribution in [0.3, 0.4) is 0 Å². The molecule has 0 aliphatic heterocycles. The summed E-state index contributed by atoms with van der Waals surface area (Å²) in [6.07, 6.45) is 2.14. The van der Waals surface area contributed by atoms with Gasteiger partial charge in [0.1, 0.15) is 5.82 Å². The molecule has 2 rings (SSSR count). The largest absolute Gasteiger partial charge is 0.481 e. The van der Waals surface area contributed by atoms with Gasteiger partial charge in [-0.05, 0) is 25.0 Å². The third kappa shape index (κ3) is 3.76. The lowest BCUT2D eigenvalue weighted by molar-refractivity contribution is -0.137. The minimum Gasteiger partial charge on any atom is -0.481 e. The number of halogens is 1. The lowest BCUT2D eigenvalue weighted by atomic mass is 10.1. The van der Waals surface area contributed by atoms with Crippen molar-refractivity contribution in [2.75, 3.05) is 6.54 Å². The molecule has 0 saturated heterocycles. The van der Waals surface area contributed by atoms with Gasteiger partial charge in [-0.25, -0.2) is 4.39 Å². The normalized spacial score (nSPS) is 14.4. The molecule has 0 radical (unpaired) electrons. The molecule has 1 N–H and O–H groups in total. The molecule has 0 unspecified atom stereocenters. The summed E-state index contributed by atoms with van der Waals surface area (Å²) in [7, 11) is 0. The van der Waals surface area contributed by atoms with E-state index >= 15 is 0 Å². The maximum absolute atomic E-state index is 13.8. The van der Waals surface area contributed by atoms with Gasteiger partial charge in [-0.15, -0.1) is 0 Å². The van der Waals surface area contributed by atoms with Crippen molar-refractivity contribution in [1.29, 1.82) is 5.26 Å². The molecule has 4 nitrogen and oxygen atoms in total. The zero-order valence-corrected chi connectivity index (χ0v) is 10.5. The zero-order chi connectivity index (χ0) is 13.8. The fraction of sp³-hybridized carbons (Fsp3) is 0.429. The third-order valence-electron chi connectivity index (χ3n) is 3.23. The second kappa shape index (κ2) is 5.81. The first-order chi connectivity index (χ1) is 9.10. The van der Waals surface area contributed by atoms with E-state index in [0.29, 0.717) is 30.3 Å². The van der Waals surface area contributed by atoms with Crippen LogP contribution in [0.5, 0.6) is 0 Å².